The molecule has 2 rings (SSSR count). The molecule has 0 bridgehead atoms. The van der Waals surface area contributed by atoms with Crippen LogP contribution in [0, 0.1) is 5.41 Å². The third-order valence-electron chi connectivity index (χ3n) is 2.77. The number of fused-ring (bicyclic) bond motifs is 1. The molecular formula is C15H21NO. The zero-order valence-electron chi connectivity index (χ0n) is 11.3. The van der Waals surface area contributed by atoms with Crippen LogP contribution in [0.25, 0.3) is 6.08 Å². The molecule has 92 valence electrons. The fourth-order valence-electron chi connectivity index (χ4n) is 1.65. The van der Waals surface area contributed by atoms with Crippen molar-refractivity contribution in [3.63, 3.8) is 0 Å². The Morgan fingerprint density at radius 2 is 1.94 bits per heavy atom. The molecule has 1 atom stereocenters. The highest BCUT2D eigenvalue weighted by Gasteiger charge is 2.15. The lowest BCUT2D eigenvalue weighted by molar-refractivity contribution is 0.253. The van der Waals surface area contributed by atoms with Gasteiger partial charge in [0.2, 0.25) is 0 Å². The molecule has 1 unspecified atom stereocenters. The summed E-state index contributed by atoms with van der Waals surface area (Å²) in [6, 6.07) is 5.89. The Kier molecular flexibility index (Phi) is 4.50. The van der Waals surface area contributed by atoms with E-state index in [-0.39, 0.29) is 6.10 Å². The number of benzene rings is 1. The van der Waals surface area contributed by atoms with Gasteiger partial charge in [0.25, 0.3) is 0 Å². The summed E-state index contributed by atoms with van der Waals surface area (Å²) >= 11 is 0. The molecule has 1 aromatic carbocycles. The molecule has 0 saturated heterocycles. The summed E-state index contributed by atoms with van der Waals surface area (Å²) in [5.74, 6) is 0.915. The van der Waals surface area contributed by atoms with Crippen LogP contribution in [-0.2, 0) is 0 Å². The van der Waals surface area contributed by atoms with Crippen molar-refractivity contribution in [2.75, 3.05) is 0 Å². The summed E-state index contributed by atoms with van der Waals surface area (Å²) in [5, 5.41) is 7.58. The molecule has 1 aliphatic heterocycles. The highest BCUT2D eigenvalue weighted by molar-refractivity contribution is 5.97. The molecule has 1 aliphatic rings. The van der Waals surface area contributed by atoms with Crippen molar-refractivity contribution in [1.29, 1.82) is 5.41 Å². The molecule has 0 aromatic heterocycles. The zero-order valence-corrected chi connectivity index (χ0v) is 11.3. The molecule has 1 N–H and O–H groups in total. The average molecular weight is 231 g/mol. The summed E-state index contributed by atoms with van der Waals surface area (Å²) in [6.45, 7) is 9.91. The van der Waals surface area contributed by atoms with Crippen molar-refractivity contribution in [3.8, 4) is 5.75 Å². The molecule has 1 heterocycles. The maximum absolute atomic E-state index is 7.58. The Morgan fingerprint density at radius 3 is 2.53 bits per heavy atom. The number of nitrogens with one attached hydrogen (secondary N) is 1. The van der Waals surface area contributed by atoms with Crippen LogP contribution in [-0.4, -0.2) is 11.8 Å². The lowest BCUT2D eigenvalue weighted by Gasteiger charge is -2.22. The smallest absolute Gasteiger partial charge is 0.127 e. The maximum atomic E-state index is 7.58. The molecule has 0 fully saturated rings. The largest absolute Gasteiger partial charge is 0.486 e. The summed E-state index contributed by atoms with van der Waals surface area (Å²) in [6.07, 6.45) is 2.29. The summed E-state index contributed by atoms with van der Waals surface area (Å²) in [7, 11) is 0. The Balaban J connectivity index is 0.000000686. The van der Waals surface area contributed by atoms with Crippen molar-refractivity contribution in [1.82, 2.24) is 0 Å². The van der Waals surface area contributed by atoms with Gasteiger partial charge in [-0.2, -0.15) is 0 Å². The number of rotatable bonds is 1. The number of hydrogen-bond donors (Lipinski definition) is 1. The van der Waals surface area contributed by atoms with E-state index in [1.54, 1.807) is 6.92 Å². The van der Waals surface area contributed by atoms with Crippen LogP contribution in [0.15, 0.2) is 23.8 Å². The van der Waals surface area contributed by atoms with Gasteiger partial charge in [-0.3, -0.25) is 0 Å². The monoisotopic (exact) mass is 231 g/mol. The molecular weight excluding hydrogens is 210 g/mol. The van der Waals surface area contributed by atoms with E-state index in [1.807, 2.05) is 39.0 Å². The van der Waals surface area contributed by atoms with Crippen molar-refractivity contribution in [3.05, 3.63) is 34.9 Å². The second-order valence-corrected chi connectivity index (χ2v) is 4.03. The fourth-order valence-corrected chi connectivity index (χ4v) is 1.65. The normalized spacial score (nSPS) is 17.0. The van der Waals surface area contributed by atoms with E-state index in [4.69, 9.17) is 10.1 Å². The first-order chi connectivity index (χ1) is 8.08. The van der Waals surface area contributed by atoms with Crippen molar-refractivity contribution in [2.24, 2.45) is 0 Å². The molecule has 17 heavy (non-hydrogen) atoms. The number of ether oxygens (including phenoxy) is 1. The second kappa shape index (κ2) is 5.67. The van der Waals surface area contributed by atoms with E-state index in [0.717, 1.165) is 16.9 Å². The van der Waals surface area contributed by atoms with Gasteiger partial charge in [-0.1, -0.05) is 13.8 Å². The van der Waals surface area contributed by atoms with E-state index in [2.05, 4.69) is 13.0 Å². The highest BCUT2D eigenvalue weighted by atomic mass is 16.5. The van der Waals surface area contributed by atoms with Crippen LogP contribution < -0.4 is 4.74 Å². The SMILES string of the molecule is CC.CC(=N)c1ccc2c(c1)C=C(C)C(C)O2. The van der Waals surface area contributed by atoms with Gasteiger partial charge < -0.3 is 10.1 Å². The average Bonchev–Trinajstić information content (AvgIpc) is 2.32. The molecule has 2 heteroatoms. The summed E-state index contributed by atoms with van der Waals surface area (Å²) < 4.78 is 5.74. The van der Waals surface area contributed by atoms with Crippen LogP contribution in [0.5, 0.6) is 5.75 Å². The van der Waals surface area contributed by atoms with Gasteiger partial charge in [0, 0.05) is 11.3 Å². The van der Waals surface area contributed by atoms with Crippen molar-refractivity contribution >= 4 is 11.8 Å². The minimum absolute atomic E-state index is 0.157. The minimum Gasteiger partial charge on any atom is -0.486 e. The van der Waals surface area contributed by atoms with Crippen LogP contribution in [0.1, 0.15) is 45.7 Å². The van der Waals surface area contributed by atoms with Crippen molar-refractivity contribution in [2.45, 2.75) is 40.7 Å². The third kappa shape index (κ3) is 2.96. The number of hydrogen-bond acceptors (Lipinski definition) is 2. The summed E-state index contributed by atoms with van der Waals surface area (Å²) in [5.41, 5.74) is 3.84. The van der Waals surface area contributed by atoms with Gasteiger partial charge in [-0.05, 0) is 56.2 Å². The van der Waals surface area contributed by atoms with Gasteiger partial charge in [-0.15, -0.1) is 0 Å². The fraction of sp³-hybridized carbons (Fsp3) is 0.400. The predicted octanol–water partition coefficient (Wildman–Crippen LogP) is 4.28. The topological polar surface area (TPSA) is 33.1 Å². The first-order valence-electron chi connectivity index (χ1n) is 6.12. The Hall–Kier alpha value is -1.57. The Labute approximate surface area is 104 Å². The Bertz CT molecular complexity index is 446. The molecule has 0 amide bonds. The lowest BCUT2D eigenvalue weighted by Crippen LogP contribution is -2.17. The van der Waals surface area contributed by atoms with Gasteiger partial charge in [0.05, 0.1) is 0 Å². The second-order valence-electron chi connectivity index (χ2n) is 4.03. The van der Waals surface area contributed by atoms with E-state index in [9.17, 15) is 0 Å². The zero-order chi connectivity index (χ0) is 13.0. The molecule has 0 aliphatic carbocycles. The minimum atomic E-state index is 0.157. The van der Waals surface area contributed by atoms with Crippen LogP contribution in [0.2, 0.25) is 0 Å². The summed E-state index contributed by atoms with van der Waals surface area (Å²) in [4.78, 5) is 0. The molecule has 0 saturated carbocycles. The van der Waals surface area contributed by atoms with E-state index in [1.165, 1.54) is 5.57 Å². The van der Waals surface area contributed by atoms with Gasteiger partial charge in [0.1, 0.15) is 11.9 Å². The van der Waals surface area contributed by atoms with Crippen LogP contribution in [0.3, 0.4) is 0 Å². The van der Waals surface area contributed by atoms with E-state index < -0.39 is 0 Å². The maximum Gasteiger partial charge on any atom is 0.127 e. The van der Waals surface area contributed by atoms with Gasteiger partial charge in [0.15, 0.2) is 0 Å². The van der Waals surface area contributed by atoms with Crippen LogP contribution in [0.4, 0.5) is 0 Å². The standard InChI is InChI=1S/C13H15NO.C2H6/c1-8-6-12-7-11(9(2)14)4-5-13(12)15-10(8)3;1-2/h4-7,10,14H,1-3H3;1-2H3. The molecule has 2 nitrogen and oxygen atoms in total. The van der Waals surface area contributed by atoms with Crippen LogP contribution >= 0.6 is 0 Å². The predicted molar refractivity (Wildman–Crippen MR) is 74.0 cm³/mol. The quantitative estimate of drug-likeness (QED) is 0.719. The third-order valence-corrected chi connectivity index (χ3v) is 2.77. The van der Waals surface area contributed by atoms with Gasteiger partial charge >= 0.3 is 0 Å². The van der Waals surface area contributed by atoms with E-state index in [0.29, 0.717) is 5.71 Å². The molecule has 0 radical (unpaired) electrons. The molecule has 0 spiro atoms. The van der Waals surface area contributed by atoms with Crippen molar-refractivity contribution < 1.29 is 4.74 Å². The first-order valence-corrected chi connectivity index (χ1v) is 6.12. The van der Waals surface area contributed by atoms with Gasteiger partial charge in [-0.25, -0.2) is 0 Å². The van der Waals surface area contributed by atoms with E-state index >= 15 is 0 Å². The first kappa shape index (κ1) is 13.5. The Morgan fingerprint density at radius 1 is 1.29 bits per heavy atom. The highest BCUT2D eigenvalue weighted by Crippen LogP contribution is 2.30. The molecule has 1 aromatic rings. The lowest BCUT2D eigenvalue weighted by atomic mass is 10.0.